The third kappa shape index (κ3) is 1.62. The zero-order valence-corrected chi connectivity index (χ0v) is 9.92. The summed E-state index contributed by atoms with van der Waals surface area (Å²) in [6.07, 6.45) is 0. The first-order valence-corrected chi connectivity index (χ1v) is 5.29. The molecule has 0 aliphatic rings. The normalized spacial score (nSPS) is 10.8. The van der Waals surface area contributed by atoms with Gasteiger partial charge in [0, 0.05) is 5.39 Å². The Kier molecular flexibility index (Phi) is 2.50. The number of carbonyl (C=O) groups excluding carboxylic acids is 1. The summed E-state index contributed by atoms with van der Waals surface area (Å²) in [7, 11) is 0. The Labute approximate surface area is 97.9 Å². The molecule has 0 atom stereocenters. The van der Waals surface area contributed by atoms with Crippen molar-refractivity contribution in [3.63, 3.8) is 0 Å². The molecule has 0 saturated carbocycles. The van der Waals surface area contributed by atoms with Crippen LogP contribution in [-0.2, 0) is 0 Å². The highest BCUT2D eigenvalue weighted by Crippen LogP contribution is 2.28. The van der Waals surface area contributed by atoms with Crippen LogP contribution in [0.5, 0.6) is 5.75 Å². The van der Waals surface area contributed by atoms with Gasteiger partial charge in [-0.05, 0) is 38.0 Å². The number of hydrogen-bond donors (Lipinski definition) is 2. The van der Waals surface area contributed by atoms with Gasteiger partial charge in [-0.3, -0.25) is 9.59 Å². The van der Waals surface area contributed by atoms with E-state index in [1.54, 1.807) is 6.07 Å². The topological polar surface area (TPSA) is 70.2 Å². The van der Waals surface area contributed by atoms with E-state index in [0.717, 1.165) is 11.1 Å². The molecule has 0 spiro atoms. The van der Waals surface area contributed by atoms with Crippen LogP contribution in [0, 0.1) is 13.8 Å². The molecular weight excluding hydrogens is 218 g/mol. The SMILES string of the molecule is CC(=O)c1c(O)c2ccc(C)c(C)c2[nH]c1=O. The standard InChI is InChI=1S/C13H13NO3/c1-6-4-5-9-11(7(6)2)14-13(17)10(8(3)15)12(9)16/h4-5H,1-3H3,(H2,14,16,17). The fourth-order valence-electron chi connectivity index (χ4n) is 1.92. The van der Waals surface area contributed by atoms with Gasteiger partial charge in [0.25, 0.3) is 5.56 Å². The van der Waals surface area contributed by atoms with Gasteiger partial charge in [-0.2, -0.15) is 0 Å². The number of carbonyl (C=O) groups is 1. The molecule has 0 saturated heterocycles. The molecule has 0 amide bonds. The molecule has 0 radical (unpaired) electrons. The highest BCUT2D eigenvalue weighted by atomic mass is 16.3. The quantitative estimate of drug-likeness (QED) is 0.738. The molecule has 1 aromatic carbocycles. The Bertz CT molecular complexity index is 683. The first-order valence-electron chi connectivity index (χ1n) is 5.29. The molecule has 1 heterocycles. The first kappa shape index (κ1) is 11.4. The molecule has 0 fully saturated rings. The van der Waals surface area contributed by atoms with E-state index in [0.29, 0.717) is 10.9 Å². The molecule has 4 heteroatoms. The molecule has 17 heavy (non-hydrogen) atoms. The van der Waals surface area contributed by atoms with E-state index >= 15 is 0 Å². The van der Waals surface area contributed by atoms with Crippen molar-refractivity contribution >= 4 is 16.7 Å². The summed E-state index contributed by atoms with van der Waals surface area (Å²) in [5.41, 5.74) is 1.77. The number of hydrogen-bond acceptors (Lipinski definition) is 3. The summed E-state index contributed by atoms with van der Waals surface area (Å²) in [4.78, 5) is 25.7. The number of benzene rings is 1. The van der Waals surface area contributed by atoms with Crippen LogP contribution in [0.3, 0.4) is 0 Å². The van der Waals surface area contributed by atoms with E-state index in [-0.39, 0.29) is 11.3 Å². The number of H-pyrrole nitrogens is 1. The summed E-state index contributed by atoms with van der Waals surface area (Å²) in [5.74, 6) is -0.678. The fraction of sp³-hybridized carbons (Fsp3) is 0.231. The monoisotopic (exact) mass is 231 g/mol. The minimum Gasteiger partial charge on any atom is -0.506 e. The van der Waals surface area contributed by atoms with Crippen LogP contribution >= 0.6 is 0 Å². The van der Waals surface area contributed by atoms with Gasteiger partial charge in [0.1, 0.15) is 11.3 Å². The zero-order chi connectivity index (χ0) is 12.7. The molecule has 0 bridgehead atoms. The van der Waals surface area contributed by atoms with E-state index in [1.807, 2.05) is 19.9 Å². The lowest BCUT2D eigenvalue weighted by molar-refractivity contribution is 0.101. The Hall–Kier alpha value is -2.10. The van der Waals surface area contributed by atoms with Crippen LogP contribution in [0.2, 0.25) is 0 Å². The van der Waals surface area contributed by atoms with Crippen molar-refractivity contribution in [3.05, 3.63) is 39.2 Å². The number of aryl methyl sites for hydroxylation is 2. The number of aromatic amines is 1. The molecule has 88 valence electrons. The van der Waals surface area contributed by atoms with E-state index < -0.39 is 11.3 Å². The lowest BCUT2D eigenvalue weighted by Crippen LogP contribution is -2.16. The number of Topliss-reactive ketones (excluding diaryl/α,β-unsaturated/α-hetero) is 1. The summed E-state index contributed by atoms with van der Waals surface area (Å²) < 4.78 is 0. The second-order valence-electron chi connectivity index (χ2n) is 4.16. The predicted octanol–water partition coefficient (Wildman–Crippen LogP) is 2.05. The van der Waals surface area contributed by atoms with Crippen molar-refractivity contribution in [2.24, 2.45) is 0 Å². The zero-order valence-electron chi connectivity index (χ0n) is 9.92. The van der Waals surface area contributed by atoms with Gasteiger partial charge in [-0.25, -0.2) is 0 Å². The van der Waals surface area contributed by atoms with Crippen LogP contribution in [0.25, 0.3) is 10.9 Å². The molecule has 4 nitrogen and oxygen atoms in total. The molecule has 2 rings (SSSR count). The summed E-state index contributed by atoms with van der Waals surface area (Å²) in [6, 6.07) is 3.55. The van der Waals surface area contributed by atoms with E-state index in [2.05, 4.69) is 4.98 Å². The molecule has 1 aromatic heterocycles. The van der Waals surface area contributed by atoms with Crippen molar-refractivity contribution in [2.45, 2.75) is 20.8 Å². The maximum absolute atomic E-state index is 11.7. The maximum atomic E-state index is 11.7. The Morgan fingerprint density at radius 3 is 2.53 bits per heavy atom. The first-order chi connectivity index (χ1) is 7.93. The van der Waals surface area contributed by atoms with E-state index in [4.69, 9.17) is 0 Å². The van der Waals surface area contributed by atoms with Gasteiger partial charge in [-0.1, -0.05) is 6.07 Å². The third-order valence-electron chi connectivity index (χ3n) is 3.05. The van der Waals surface area contributed by atoms with Crippen molar-refractivity contribution in [1.29, 1.82) is 0 Å². The molecule has 0 aliphatic heterocycles. The van der Waals surface area contributed by atoms with Crippen LogP contribution in [0.15, 0.2) is 16.9 Å². The molecular formula is C13H13NO3. The Morgan fingerprint density at radius 2 is 1.94 bits per heavy atom. The second-order valence-corrected chi connectivity index (χ2v) is 4.16. The van der Waals surface area contributed by atoms with Crippen molar-refractivity contribution in [1.82, 2.24) is 4.98 Å². The number of fused-ring (bicyclic) bond motifs is 1. The average molecular weight is 231 g/mol. The highest BCUT2D eigenvalue weighted by Gasteiger charge is 2.16. The van der Waals surface area contributed by atoms with Crippen molar-refractivity contribution in [2.75, 3.05) is 0 Å². The number of nitrogens with one attached hydrogen (secondary N) is 1. The number of ketones is 1. The summed E-state index contributed by atoms with van der Waals surface area (Å²) in [6.45, 7) is 5.04. The summed E-state index contributed by atoms with van der Waals surface area (Å²) in [5, 5.41) is 10.5. The molecule has 0 aliphatic carbocycles. The van der Waals surface area contributed by atoms with Crippen LogP contribution in [0.4, 0.5) is 0 Å². The Balaban J connectivity index is 3.01. The second kappa shape index (κ2) is 3.73. The maximum Gasteiger partial charge on any atom is 0.263 e. The Morgan fingerprint density at radius 1 is 1.29 bits per heavy atom. The van der Waals surface area contributed by atoms with Gasteiger partial charge in [0.15, 0.2) is 5.78 Å². The van der Waals surface area contributed by atoms with Gasteiger partial charge < -0.3 is 10.1 Å². The predicted molar refractivity (Wildman–Crippen MR) is 65.7 cm³/mol. The number of rotatable bonds is 1. The minimum absolute atomic E-state index is 0.180. The van der Waals surface area contributed by atoms with Crippen molar-refractivity contribution < 1.29 is 9.90 Å². The molecule has 0 unspecified atom stereocenters. The third-order valence-corrected chi connectivity index (χ3v) is 3.05. The number of aromatic nitrogens is 1. The smallest absolute Gasteiger partial charge is 0.263 e. The lowest BCUT2D eigenvalue weighted by atomic mass is 10.0. The molecule has 2 aromatic rings. The van der Waals surface area contributed by atoms with Crippen LogP contribution < -0.4 is 5.56 Å². The van der Waals surface area contributed by atoms with Crippen molar-refractivity contribution in [3.8, 4) is 5.75 Å². The number of aromatic hydroxyl groups is 1. The van der Waals surface area contributed by atoms with Gasteiger partial charge >= 0.3 is 0 Å². The summed E-state index contributed by atoms with van der Waals surface area (Å²) >= 11 is 0. The number of pyridine rings is 1. The minimum atomic E-state index is -0.545. The van der Waals surface area contributed by atoms with Gasteiger partial charge in [-0.15, -0.1) is 0 Å². The fourth-order valence-corrected chi connectivity index (χ4v) is 1.92. The van der Waals surface area contributed by atoms with E-state index in [9.17, 15) is 14.7 Å². The van der Waals surface area contributed by atoms with Gasteiger partial charge in [0.05, 0.1) is 5.52 Å². The van der Waals surface area contributed by atoms with Gasteiger partial charge in [0.2, 0.25) is 0 Å². The van der Waals surface area contributed by atoms with Crippen LogP contribution in [-0.4, -0.2) is 15.9 Å². The van der Waals surface area contributed by atoms with Crippen LogP contribution in [0.1, 0.15) is 28.4 Å². The average Bonchev–Trinajstić information content (AvgIpc) is 2.23. The van der Waals surface area contributed by atoms with E-state index in [1.165, 1.54) is 6.92 Å². The molecule has 2 N–H and O–H groups in total. The highest BCUT2D eigenvalue weighted by molar-refractivity contribution is 6.02. The largest absolute Gasteiger partial charge is 0.506 e. The lowest BCUT2D eigenvalue weighted by Gasteiger charge is -2.09.